The van der Waals surface area contributed by atoms with Gasteiger partial charge in [-0.1, -0.05) is 39.7 Å². The van der Waals surface area contributed by atoms with Gasteiger partial charge in [0.15, 0.2) is 5.15 Å². The Morgan fingerprint density at radius 3 is 2.83 bits per heavy atom. The highest BCUT2D eigenvalue weighted by atomic mass is 79.9. The topological polar surface area (TPSA) is 68.9 Å². The smallest absolute Gasteiger partial charge is 0.268 e. The maximum Gasteiger partial charge on any atom is 0.268 e. The van der Waals surface area contributed by atoms with E-state index in [1.165, 1.54) is 6.20 Å². The van der Waals surface area contributed by atoms with E-state index in [4.69, 9.17) is 17.3 Å². The van der Waals surface area contributed by atoms with E-state index in [1.807, 2.05) is 24.3 Å². The highest BCUT2D eigenvalue weighted by Gasteiger charge is 2.10. The molecular formula is C12H8BrClN3O. The Bertz CT molecular complexity index is 604. The molecule has 0 aliphatic heterocycles. The molecule has 0 spiro atoms. The van der Waals surface area contributed by atoms with Crippen molar-refractivity contribution in [1.82, 2.24) is 9.97 Å². The van der Waals surface area contributed by atoms with Crippen molar-refractivity contribution in [3.05, 3.63) is 63.5 Å². The lowest BCUT2D eigenvalue weighted by molar-refractivity contribution is 0.0995. The fourth-order valence-corrected chi connectivity index (χ4v) is 1.96. The quantitative estimate of drug-likeness (QED) is 0.943. The molecule has 2 N–H and O–H groups in total. The van der Waals surface area contributed by atoms with E-state index in [1.54, 1.807) is 6.42 Å². The number of hydrogen-bond acceptors (Lipinski definition) is 3. The Kier molecular flexibility index (Phi) is 3.93. The van der Waals surface area contributed by atoms with Gasteiger partial charge in [-0.05, 0) is 17.7 Å². The Hall–Kier alpha value is -1.46. The van der Waals surface area contributed by atoms with Gasteiger partial charge in [0.2, 0.25) is 0 Å². The SMILES string of the molecule is NC(=O)c1cnc([CH]c2cccc(Br)c2)c(Cl)n1. The number of nitrogens with two attached hydrogens (primary N) is 1. The normalized spacial score (nSPS) is 10.3. The van der Waals surface area contributed by atoms with Crippen LogP contribution in [0.2, 0.25) is 5.15 Å². The number of carbonyl (C=O) groups excluding carboxylic acids is 1. The molecule has 1 aromatic carbocycles. The lowest BCUT2D eigenvalue weighted by atomic mass is 10.1. The van der Waals surface area contributed by atoms with E-state index in [0.29, 0.717) is 5.69 Å². The average Bonchev–Trinajstić information content (AvgIpc) is 2.31. The molecule has 1 radical (unpaired) electrons. The van der Waals surface area contributed by atoms with Gasteiger partial charge in [-0.25, -0.2) is 4.98 Å². The van der Waals surface area contributed by atoms with Gasteiger partial charge < -0.3 is 5.73 Å². The minimum absolute atomic E-state index is 0.0476. The molecule has 4 nitrogen and oxygen atoms in total. The molecule has 91 valence electrons. The van der Waals surface area contributed by atoms with Gasteiger partial charge in [0.05, 0.1) is 11.9 Å². The summed E-state index contributed by atoms with van der Waals surface area (Å²) in [5.41, 5.74) is 6.55. The molecule has 1 heterocycles. The average molecular weight is 326 g/mol. The van der Waals surface area contributed by atoms with Crippen molar-refractivity contribution in [3.63, 3.8) is 0 Å². The molecule has 0 atom stereocenters. The second kappa shape index (κ2) is 5.46. The second-order valence-corrected chi connectivity index (χ2v) is 4.77. The summed E-state index contributed by atoms with van der Waals surface area (Å²) in [5.74, 6) is -0.654. The molecule has 0 saturated heterocycles. The predicted molar refractivity (Wildman–Crippen MR) is 72.2 cm³/mol. The zero-order valence-corrected chi connectivity index (χ0v) is 11.4. The van der Waals surface area contributed by atoms with Crippen molar-refractivity contribution in [2.24, 2.45) is 5.73 Å². The van der Waals surface area contributed by atoms with E-state index >= 15 is 0 Å². The van der Waals surface area contributed by atoms with Gasteiger partial charge in [0, 0.05) is 10.9 Å². The maximum atomic E-state index is 10.9. The number of benzene rings is 1. The van der Waals surface area contributed by atoms with Crippen LogP contribution in [-0.4, -0.2) is 15.9 Å². The first-order valence-electron chi connectivity index (χ1n) is 4.99. The Labute approximate surface area is 117 Å². The molecule has 6 heteroatoms. The largest absolute Gasteiger partial charge is 0.364 e. The fourth-order valence-electron chi connectivity index (χ4n) is 1.35. The number of hydrogen-bond donors (Lipinski definition) is 1. The van der Waals surface area contributed by atoms with Crippen LogP contribution >= 0.6 is 27.5 Å². The minimum Gasteiger partial charge on any atom is -0.364 e. The molecule has 1 aromatic heterocycles. The van der Waals surface area contributed by atoms with Gasteiger partial charge in [-0.3, -0.25) is 9.78 Å². The number of halogens is 2. The third kappa shape index (κ3) is 3.05. The highest BCUT2D eigenvalue weighted by Crippen LogP contribution is 2.19. The number of nitrogens with zero attached hydrogens (tertiary/aromatic N) is 2. The zero-order valence-electron chi connectivity index (χ0n) is 9.10. The lowest BCUT2D eigenvalue weighted by Crippen LogP contribution is -2.14. The van der Waals surface area contributed by atoms with E-state index in [-0.39, 0.29) is 10.8 Å². The first-order valence-corrected chi connectivity index (χ1v) is 6.16. The highest BCUT2D eigenvalue weighted by molar-refractivity contribution is 9.10. The predicted octanol–water partition coefficient (Wildman–Crippen LogP) is 2.59. The Morgan fingerprint density at radius 1 is 1.44 bits per heavy atom. The number of rotatable bonds is 3. The Morgan fingerprint density at radius 2 is 2.22 bits per heavy atom. The fraction of sp³-hybridized carbons (Fsp3) is 0. The van der Waals surface area contributed by atoms with Gasteiger partial charge in [-0.15, -0.1) is 0 Å². The summed E-state index contributed by atoms with van der Waals surface area (Å²) in [6.45, 7) is 0. The van der Waals surface area contributed by atoms with Crippen molar-refractivity contribution in [2.75, 3.05) is 0 Å². The molecule has 1 amide bonds. The van der Waals surface area contributed by atoms with Gasteiger partial charge in [0.1, 0.15) is 5.69 Å². The summed E-state index contributed by atoms with van der Waals surface area (Å²) >= 11 is 9.31. The van der Waals surface area contributed by atoms with Gasteiger partial charge in [-0.2, -0.15) is 0 Å². The molecule has 0 fully saturated rings. The van der Waals surface area contributed by atoms with Crippen LogP contribution < -0.4 is 5.73 Å². The molecule has 0 saturated carbocycles. The van der Waals surface area contributed by atoms with Crippen LogP contribution in [0.15, 0.2) is 34.9 Å². The van der Waals surface area contributed by atoms with E-state index < -0.39 is 5.91 Å². The molecule has 2 rings (SSSR count). The van der Waals surface area contributed by atoms with Crippen LogP contribution in [0.25, 0.3) is 0 Å². The van der Waals surface area contributed by atoms with Crippen molar-refractivity contribution in [3.8, 4) is 0 Å². The molecule has 18 heavy (non-hydrogen) atoms. The first-order chi connectivity index (χ1) is 8.56. The minimum atomic E-state index is -0.654. The third-order valence-electron chi connectivity index (χ3n) is 2.16. The second-order valence-electron chi connectivity index (χ2n) is 3.49. The maximum absolute atomic E-state index is 10.9. The van der Waals surface area contributed by atoms with Crippen LogP contribution in [0.4, 0.5) is 0 Å². The van der Waals surface area contributed by atoms with E-state index in [2.05, 4.69) is 25.9 Å². The first kappa shape index (κ1) is 13.0. The third-order valence-corrected chi connectivity index (χ3v) is 2.93. The van der Waals surface area contributed by atoms with Crippen molar-refractivity contribution in [2.45, 2.75) is 0 Å². The summed E-state index contributed by atoms with van der Waals surface area (Å²) in [4.78, 5) is 18.8. The summed E-state index contributed by atoms with van der Waals surface area (Å²) in [5, 5.41) is 0.145. The summed E-state index contributed by atoms with van der Waals surface area (Å²) in [7, 11) is 0. The number of primary amides is 1. The standard InChI is InChI=1S/C12H8BrClN3O/c13-8-3-1-2-7(4-8)5-9-11(14)17-10(6-16-9)12(15)18/h1-6H,(H2,15,18). The van der Waals surface area contributed by atoms with Crippen LogP contribution in [-0.2, 0) is 0 Å². The molecule has 0 bridgehead atoms. The van der Waals surface area contributed by atoms with Gasteiger partial charge in [0.25, 0.3) is 5.91 Å². The molecule has 2 aromatic rings. The number of amides is 1. The van der Waals surface area contributed by atoms with Crippen LogP contribution in [0.1, 0.15) is 21.7 Å². The summed E-state index contributed by atoms with van der Waals surface area (Å²) in [6, 6.07) is 7.64. The van der Waals surface area contributed by atoms with Crippen molar-refractivity contribution < 1.29 is 4.79 Å². The van der Waals surface area contributed by atoms with Crippen molar-refractivity contribution in [1.29, 1.82) is 0 Å². The van der Waals surface area contributed by atoms with E-state index in [9.17, 15) is 4.79 Å². The molecular weight excluding hydrogens is 318 g/mol. The summed E-state index contributed by atoms with van der Waals surface area (Å²) < 4.78 is 0.953. The van der Waals surface area contributed by atoms with E-state index in [0.717, 1.165) is 10.0 Å². The monoisotopic (exact) mass is 324 g/mol. The lowest BCUT2D eigenvalue weighted by Gasteiger charge is -2.04. The number of carbonyl (C=O) groups is 1. The van der Waals surface area contributed by atoms with Crippen molar-refractivity contribution >= 4 is 33.4 Å². The number of aromatic nitrogens is 2. The van der Waals surface area contributed by atoms with Crippen LogP contribution in [0.3, 0.4) is 0 Å². The zero-order chi connectivity index (χ0) is 13.1. The van der Waals surface area contributed by atoms with Gasteiger partial charge >= 0.3 is 0 Å². The van der Waals surface area contributed by atoms with Crippen LogP contribution in [0, 0.1) is 6.42 Å². The summed E-state index contributed by atoms with van der Waals surface area (Å²) in [6.07, 6.45) is 3.07. The molecule has 0 aliphatic carbocycles. The van der Waals surface area contributed by atoms with Crippen LogP contribution in [0.5, 0.6) is 0 Å². The Balaban J connectivity index is 2.27. The molecule has 0 unspecified atom stereocenters. The molecule has 0 aliphatic rings.